The maximum Gasteiger partial charge on any atom is 0.124 e. The first-order valence-corrected chi connectivity index (χ1v) is 11.8. The average molecular weight is 439 g/mol. The first kappa shape index (κ1) is 18.5. The largest absolute Gasteiger partial charge is 0.255 e. The van der Waals surface area contributed by atoms with Crippen LogP contribution in [0.5, 0.6) is 0 Å². The van der Waals surface area contributed by atoms with Gasteiger partial charge in [-0.1, -0.05) is 72.8 Å². The Morgan fingerprint density at radius 2 is 0.939 bits per heavy atom. The van der Waals surface area contributed by atoms with E-state index < -0.39 is 0 Å². The molecule has 33 heavy (non-hydrogen) atoms. The molecule has 7 rings (SSSR count). The highest BCUT2D eigenvalue weighted by Crippen LogP contribution is 2.38. The molecule has 0 amide bonds. The third-order valence-electron chi connectivity index (χ3n) is 6.28. The van der Waals surface area contributed by atoms with Crippen molar-refractivity contribution in [3.63, 3.8) is 0 Å². The number of benzene rings is 4. The van der Waals surface area contributed by atoms with Crippen molar-refractivity contribution >= 4 is 21.6 Å². The number of hydrogen-bond donors (Lipinski definition) is 0. The Hall–Kier alpha value is -4.08. The van der Waals surface area contributed by atoms with Crippen molar-refractivity contribution in [1.29, 1.82) is 0 Å². The van der Waals surface area contributed by atoms with E-state index in [1.54, 1.807) is 11.3 Å². The van der Waals surface area contributed by atoms with Crippen molar-refractivity contribution in [1.82, 2.24) is 9.97 Å². The quantitative estimate of drug-likeness (QED) is 0.238. The van der Waals surface area contributed by atoms with Gasteiger partial charge in [-0.15, -0.1) is 11.3 Å². The topological polar surface area (TPSA) is 25.8 Å². The Balaban J connectivity index is 1.58. The van der Waals surface area contributed by atoms with Gasteiger partial charge in [-0.3, -0.25) is 4.98 Å². The summed E-state index contributed by atoms with van der Waals surface area (Å²) < 4.78 is 1.12. The second-order valence-electron chi connectivity index (χ2n) is 8.35. The zero-order valence-electron chi connectivity index (χ0n) is 17.7. The lowest BCUT2D eigenvalue weighted by molar-refractivity contribution is 1.35. The number of hydrogen-bond acceptors (Lipinski definition) is 3. The van der Waals surface area contributed by atoms with Crippen molar-refractivity contribution in [2.45, 2.75) is 0 Å². The molecular weight excluding hydrogens is 420 g/mol. The van der Waals surface area contributed by atoms with Crippen LogP contribution in [-0.2, 0) is 0 Å². The van der Waals surface area contributed by atoms with E-state index in [9.17, 15) is 0 Å². The van der Waals surface area contributed by atoms with Crippen molar-refractivity contribution in [2.75, 3.05) is 0 Å². The zero-order valence-corrected chi connectivity index (χ0v) is 18.5. The Morgan fingerprint density at radius 3 is 1.52 bits per heavy atom. The molecule has 1 aliphatic heterocycles. The number of fused-ring (bicyclic) bond motifs is 14. The lowest BCUT2D eigenvalue weighted by Gasteiger charge is -2.10. The number of nitrogens with zero attached hydrogens (tertiary/aromatic N) is 2. The Bertz CT molecular complexity index is 1680. The van der Waals surface area contributed by atoms with Crippen LogP contribution in [0.25, 0.3) is 65.4 Å². The molecule has 1 aliphatic rings. The van der Waals surface area contributed by atoms with Crippen molar-refractivity contribution in [3.05, 3.63) is 109 Å². The SMILES string of the molecule is c1cc2cc(c1)-c1cccc(c1)-c1nc3ccnc(c3s1)-c1cccc(c1)-c1cccc-2c1. The molecule has 6 aromatic rings. The molecule has 4 aromatic carbocycles. The van der Waals surface area contributed by atoms with Crippen LogP contribution >= 0.6 is 11.3 Å². The molecule has 0 fully saturated rings. The van der Waals surface area contributed by atoms with Gasteiger partial charge in [-0.2, -0.15) is 0 Å². The molecule has 2 nitrogen and oxygen atoms in total. The molecule has 0 radical (unpaired) electrons. The van der Waals surface area contributed by atoms with Crippen LogP contribution in [0.2, 0.25) is 0 Å². The van der Waals surface area contributed by atoms with E-state index in [2.05, 4.69) is 97.1 Å². The lowest BCUT2D eigenvalue weighted by atomic mass is 9.95. The van der Waals surface area contributed by atoms with E-state index in [1.165, 1.54) is 33.4 Å². The standard InChI is InChI=1S/C30H18N2S/c1-5-19-15-21(7-1)23-9-3-11-25(17-23)28-29-27(13-14-31-28)32-30(33-29)26-12-4-10-24(18-26)22-8-2-6-20(19)16-22/h1-18H. The number of thiazole rings is 1. The summed E-state index contributed by atoms with van der Waals surface area (Å²) in [5.74, 6) is 0. The molecule has 10 bridgehead atoms. The van der Waals surface area contributed by atoms with Crippen LogP contribution < -0.4 is 0 Å². The fraction of sp³-hybridized carbons (Fsp3) is 0. The van der Waals surface area contributed by atoms with Gasteiger partial charge in [0.15, 0.2) is 0 Å². The third-order valence-corrected chi connectivity index (χ3v) is 7.40. The monoisotopic (exact) mass is 438 g/mol. The molecule has 3 heterocycles. The number of pyridine rings is 1. The summed E-state index contributed by atoms with van der Waals surface area (Å²) in [5, 5.41) is 1.02. The van der Waals surface area contributed by atoms with Gasteiger partial charge >= 0.3 is 0 Å². The summed E-state index contributed by atoms with van der Waals surface area (Å²) in [6.45, 7) is 0. The number of rotatable bonds is 0. The van der Waals surface area contributed by atoms with Crippen LogP contribution in [0.1, 0.15) is 0 Å². The van der Waals surface area contributed by atoms with E-state index in [1.807, 2.05) is 12.3 Å². The Labute approximate surface area is 195 Å². The molecule has 0 atom stereocenters. The summed E-state index contributed by atoms with van der Waals surface area (Å²) in [7, 11) is 0. The summed E-state index contributed by atoms with van der Waals surface area (Å²) >= 11 is 1.71. The van der Waals surface area contributed by atoms with Gasteiger partial charge in [0.05, 0.1) is 15.9 Å². The van der Waals surface area contributed by atoms with Crippen LogP contribution in [0, 0.1) is 0 Å². The highest BCUT2D eigenvalue weighted by molar-refractivity contribution is 7.22. The second-order valence-corrected chi connectivity index (χ2v) is 9.35. The molecule has 0 aliphatic carbocycles. The summed E-state index contributed by atoms with van der Waals surface area (Å²) in [4.78, 5) is 9.75. The molecular formula is C30H18N2S. The predicted molar refractivity (Wildman–Crippen MR) is 138 cm³/mol. The molecule has 154 valence electrons. The minimum atomic E-state index is 0.989. The van der Waals surface area contributed by atoms with Crippen LogP contribution in [0.3, 0.4) is 0 Å². The van der Waals surface area contributed by atoms with Gasteiger partial charge in [0.25, 0.3) is 0 Å². The lowest BCUT2D eigenvalue weighted by Crippen LogP contribution is -1.86. The molecule has 2 aromatic heterocycles. The fourth-order valence-corrected chi connectivity index (χ4v) is 5.69. The molecule has 3 heteroatoms. The highest BCUT2D eigenvalue weighted by atomic mass is 32.1. The maximum absolute atomic E-state index is 4.98. The highest BCUT2D eigenvalue weighted by Gasteiger charge is 2.14. The molecule has 0 saturated heterocycles. The van der Waals surface area contributed by atoms with Crippen molar-refractivity contribution in [3.8, 4) is 55.2 Å². The van der Waals surface area contributed by atoms with Crippen molar-refractivity contribution in [2.24, 2.45) is 0 Å². The molecule has 0 N–H and O–H groups in total. The normalized spacial score (nSPS) is 11.6. The van der Waals surface area contributed by atoms with E-state index in [4.69, 9.17) is 9.97 Å². The van der Waals surface area contributed by atoms with Gasteiger partial charge in [0, 0.05) is 17.3 Å². The Morgan fingerprint density at radius 1 is 0.485 bits per heavy atom. The van der Waals surface area contributed by atoms with Crippen molar-refractivity contribution < 1.29 is 0 Å². The van der Waals surface area contributed by atoms with E-state index in [-0.39, 0.29) is 0 Å². The predicted octanol–water partition coefficient (Wildman–Crippen LogP) is 8.34. The first-order valence-electron chi connectivity index (χ1n) is 11.0. The van der Waals surface area contributed by atoms with Gasteiger partial charge in [-0.05, 0) is 63.7 Å². The van der Waals surface area contributed by atoms with Crippen LogP contribution in [0.15, 0.2) is 109 Å². The van der Waals surface area contributed by atoms with E-state index in [0.717, 1.165) is 32.0 Å². The third kappa shape index (κ3) is 3.09. The van der Waals surface area contributed by atoms with Crippen LogP contribution in [0.4, 0.5) is 0 Å². The second kappa shape index (κ2) is 7.22. The molecule has 0 unspecified atom stereocenters. The first-order chi connectivity index (χ1) is 16.3. The summed E-state index contributed by atoms with van der Waals surface area (Å²) in [6, 6.07) is 36.9. The average Bonchev–Trinajstić information content (AvgIpc) is 3.33. The molecule has 0 spiro atoms. The Kier molecular flexibility index (Phi) is 4.05. The van der Waals surface area contributed by atoms with Crippen LogP contribution in [-0.4, -0.2) is 9.97 Å². The summed E-state index contributed by atoms with van der Waals surface area (Å²) in [6.07, 6.45) is 1.87. The molecule has 0 saturated carbocycles. The van der Waals surface area contributed by atoms with Gasteiger partial charge in [-0.25, -0.2) is 4.98 Å². The maximum atomic E-state index is 4.98. The van der Waals surface area contributed by atoms with E-state index in [0.29, 0.717) is 0 Å². The fourth-order valence-electron chi connectivity index (χ4n) is 4.62. The van der Waals surface area contributed by atoms with Gasteiger partial charge in [0.1, 0.15) is 5.01 Å². The number of aromatic nitrogens is 2. The van der Waals surface area contributed by atoms with Gasteiger partial charge < -0.3 is 0 Å². The van der Waals surface area contributed by atoms with Gasteiger partial charge in [0.2, 0.25) is 0 Å². The minimum absolute atomic E-state index is 0.989. The zero-order chi connectivity index (χ0) is 21.8. The summed E-state index contributed by atoms with van der Waals surface area (Å²) in [5.41, 5.74) is 11.4. The van der Waals surface area contributed by atoms with E-state index >= 15 is 0 Å². The minimum Gasteiger partial charge on any atom is -0.255 e. The smallest absolute Gasteiger partial charge is 0.124 e.